The molecule has 1 fully saturated rings. The Labute approximate surface area is 117 Å². The first-order chi connectivity index (χ1) is 9.29. The van der Waals surface area contributed by atoms with Gasteiger partial charge < -0.3 is 10.1 Å². The lowest BCUT2D eigenvalue weighted by atomic mass is 10.0. The van der Waals surface area contributed by atoms with Crippen molar-refractivity contribution in [3.8, 4) is 0 Å². The molecule has 5 heteroatoms. The first-order valence-electron chi connectivity index (χ1n) is 6.86. The first-order valence-corrected chi connectivity index (χ1v) is 7.74. The highest BCUT2D eigenvalue weighted by atomic mass is 32.1. The van der Waals surface area contributed by atoms with Crippen molar-refractivity contribution < 1.29 is 4.74 Å². The van der Waals surface area contributed by atoms with E-state index in [0.717, 1.165) is 34.7 Å². The van der Waals surface area contributed by atoms with Crippen LogP contribution < -0.4 is 5.32 Å². The molecule has 0 saturated heterocycles. The van der Waals surface area contributed by atoms with Gasteiger partial charge in [0.15, 0.2) is 5.82 Å². The molecule has 2 aromatic heterocycles. The SMILES string of the molecule is CCOC1(c2nc(NC)c3ccsc3n2)CCCC1. The molecular formula is C14H19N3OS. The van der Waals surface area contributed by atoms with E-state index >= 15 is 0 Å². The quantitative estimate of drug-likeness (QED) is 0.928. The fraction of sp³-hybridized carbons (Fsp3) is 0.571. The Kier molecular flexibility index (Phi) is 3.41. The monoisotopic (exact) mass is 277 g/mol. The molecular weight excluding hydrogens is 258 g/mol. The van der Waals surface area contributed by atoms with E-state index < -0.39 is 0 Å². The summed E-state index contributed by atoms with van der Waals surface area (Å²) in [6.45, 7) is 2.75. The summed E-state index contributed by atoms with van der Waals surface area (Å²) in [4.78, 5) is 10.5. The molecule has 0 bridgehead atoms. The standard InChI is InChI=1S/C14H19N3OS/c1-3-18-14(7-4-5-8-14)13-16-11(15-2)10-6-9-19-12(10)17-13/h6,9H,3-5,7-8H2,1-2H3,(H,15,16,17). The van der Waals surface area contributed by atoms with Crippen LogP contribution in [0.3, 0.4) is 0 Å². The van der Waals surface area contributed by atoms with Crippen molar-refractivity contribution >= 4 is 27.4 Å². The second kappa shape index (κ2) is 5.06. The molecule has 0 radical (unpaired) electrons. The lowest BCUT2D eigenvalue weighted by Crippen LogP contribution is -2.29. The van der Waals surface area contributed by atoms with Crippen molar-refractivity contribution in [1.82, 2.24) is 9.97 Å². The molecule has 0 atom stereocenters. The van der Waals surface area contributed by atoms with Gasteiger partial charge in [0.2, 0.25) is 0 Å². The van der Waals surface area contributed by atoms with Crippen LogP contribution in [0, 0.1) is 0 Å². The van der Waals surface area contributed by atoms with E-state index in [1.54, 1.807) is 11.3 Å². The Bertz CT molecular complexity index is 575. The third-order valence-electron chi connectivity index (χ3n) is 3.80. The summed E-state index contributed by atoms with van der Waals surface area (Å²) in [7, 11) is 1.91. The van der Waals surface area contributed by atoms with Gasteiger partial charge in [-0.3, -0.25) is 0 Å². The minimum atomic E-state index is -0.265. The van der Waals surface area contributed by atoms with Gasteiger partial charge in [-0.1, -0.05) is 0 Å². The van der Waals surface area contributed by atoms with Crippen molar-refractivity contribution in [2.75, 3.05) is 19.0 Å². The molecule has 0 amide bonds. The summed E-state index contributed by atoms with van der Waals surface area (Å²) >= 11 is 1.66. The Morgan fingerprint density at radius 1 is 1.37 bits per heavy atom. The number of aromatic nitrogens is 2. The highest BCUT2D eigenvalue weighted by Gasteiger charge is 2.39. The van der Waals surface area contributed by atoms with Gasteiger partial charge in [-0.05, 0) is 44.1 Å². The van der Waals surface area contributed by atoms with Crippen LogP contribution in [0.2, 0.25) is 0 Å². The molecule has 1 aliphatic rings. The number of nitrogens with one attached hydrogen (secondary N) is 1. The topological polar surface area (TPSA) is 47.0 Å². The summed E-state index contributed by atoms with van der Waals surface area (Å²) in [6, 6.07) is 2.07. The van der Waals surface area contributed by atoms with Crippen LogP contribution in [0.25, 0.3) is 10.2 Å². The smallest absolute Gasteiger partial charge is 0.164 e. The van der Waals surface area contributed by atoms with Crippen molar-refractivity contribution in [2.24, 2.45) is 0 Å². The van der Waals surface area contributed by atoms with Crippen LogP contribution >= 0.6 is 11.3 Å². The number of fused-ring (bicyclic) bond motifs is 1. The summed E-state index contributed by atoms with van der Waals surface area (Å²) in [6.07, 6.45) is 4.45. The zero-order chi connectivity index (χ0) is 13.3. The zero-order valence-corrected chi connectivity index (χ0v) is 12.2. The maximum absolute atomic E-state index is 6.05. The molecule has 0 aliphatic heterocycles. The van der Waals surface area contributed by atoms with Gasteiger partial charge in [0.25, 0.3) is 0 Å². The molecule has 0 spiro atoms. The van der Waals surface area contributed by atoms with Crippen molar-refractivity contribution in [3.63, 3.8) is 0 Å². The first kappa shape index (κ1) is 12.8. The molecule has 1 aliphatic carbocycles. The molecule has 3 rings (SSSR count). The van der Waals surface area contributed by atoms with Crippen LogP contribution in [0.1, 0.15) is 38.4 Å². The molecule has 1 saturated carbocycles. The van der Waals surface area contributed by atoms with Crippen LogP contribution in [-0.4, -0.2) is 23.6 Å². The number of anilines is 1. The van der Waals surface area contributed by atoms with Gasteiger partial charge in [0.05, 0.1) is 5.39 Å². The lowest BCUT2D eigenvalue weighted by Gasteiger charge is -2.27. The Balaban J connectivity index is 2.12. The number of hydrogen-bond donors (Lipinski definition) is 1. The largest absolute Gasteiger partial charge is 0.372 e. The number of ether oxygens (including phenoxy) is 1. The van der Waals surface area contributed by atoms with Gasteiger partial charge in [-0.15, -0.1) is 11.3 Å². The summed E-state index contributed by atoms with van der Waals surface area (Å²) in [5, 5.41) is 6.34. The Morgan fingerprint density at radius 3 is 2.84 bits per heavy atom. The third-order valence-corrected chi connectivity index (χ3v) is 4.61. The third kappa shape index (κ3) is 2.11. The summed E-state index contributed by atoms with van der Waals surface area (Å²) in [5.74, 6) is 1.76. The Morgan fingerprint density at radius 2 is 2.16 bits per heavy atom. The minimum absolute atomic E-state index is 0.265. The van der Waals surface area contributed by atoms with Crippen molar-refractivity contribution in [1.29, 1.82) is 0 Å². The van der Waals surface area contributed by atoms with Crippen LogP contribution in [-0.2, 0) is 10.3 Å². The fourth-order valence-electron chi connectivity index (χ4n) is 2.90. The van der Waals surface area contributed by atoms with Crippen LogP contribution in [0.15, 0.2) is 11.4 Å². The average Bonchev–Trinajstić information content (AvgIpc) is 3.06. The molecule has 2 heterocycles. The molecule has 19 heavy (non-hydrogen) atoms. The summed E-state index contributed by atoms with van der Waals surface area (Å²) in [5.41, 5.74) is -0.265. The number of rotatable bonds is 4. The maximum Gasteiger partial charge on any atom is 0.164 e. The fourth-order valence-corrected chi connectivity index (χ4v) is 3.67. The normalized spacial score (nSPS) is 18.0. The second-order valence-corrected chi connectivity index (χ2v) is 5.81. The lowest BCUT2D eigenvalue weighted by molar-refractivity contribution is -0.0453. The van der Waals surface area contributed by atoms with E-state index in [2.05, 4.69) is 16.8 Å². The molecule has 0 unspecified atom stereocenters. The van der Waals surface area contributed by atoms with E-state index in [4.69, 9.17) is 14.7 Å². The van der Waals surface area contributed by atoms with Gasteiger partial charge in [0.1, 0.15) is 16.2 Å². The van der Waals surface area contributed by atoms with Crippen LogP contribution in [0.4, 0.5) is 5.82 Å². The molecule has 0 aromatic carbocycles. The van der Waals surface area contributed by atoms with Gasteiger partial charge >= 0.3 is 0 Å². The van der Waals surface area contributed by atoms with Gasteiger partial charge in [-0.2, -0.15) is 0 Å². The predicted octanol–water partition coefficient (Wildman–Crippen LogP) is 3.54. The minimum Gasteiger partial charge on any atom is -0.372 e. The molecule has 2 aromatic rings. The van der Waals surface area contributed by atoms with Gasteiger partial charge in [-0.25, -0.2) is 9.97 Å². The van der Waals surface area contributed by atoms with Crippen molar-refractivity contribution in [2.45, 2.75) is 38.2 Å². The molecule has 1 N–H and O–H groups in total. The second-order valence-electron chi connectivity index (χ2n) is 4.92. The van der Waals surface area contributed by atoms with E-state index in [0.29, 0.717) is 6.61 Å². The Hall–Kier alpha value is -1.20. The van der Waals surface area contributed by atoms with E-state index in [1.165, 1.54) is 12.8 Å². The molecule has 4 nitrogen and oxygen atoms in total. The van der Waals surface area contributed by atoms with E-state index in [-0.39, 0.29) is 5.60 Å². The summed E-state index contributed by atoms with van der Waals surface area (Å²) < 4.78 is 6.05. The highest BCUT2D eigenvalue weighted by Crippen LogP contribution is 2.42. The highest BCUT2D eigenvalue weighted by molar-refractivity contribution is 7.16. The predicted molar refractivity (Wildman–Crippen MR) is 78.7 cm³/mol. The van der Waals surface area contributed by atoms with Crippen LogP contribution in [0.5, 0.6) is 0 Å². The van der Waals surface area contributed by atoms with Gasteiger partial charge in [0, 0.05) is 13.7 Å². The number of thiophene rings is 1. The maximum atomic E-state index is 6.05. The average molecular weight is 277 g/mol. The van der Waals surface area contributed by atoms with Crippen molar-refractivity contribution in [3.05, 3.63) is 17.3 Å². The zero-order valence-electron chi connectivity index (χ0n) is 11.4. The van der Waals surface area contributed by atoms with E-state index in [1.807, 2.05) is 14.0 Å². The number of hydrogen-bond acceptors (Lipinski definition) is 5. The molecule has 102 valence electrons. The van der Waals surface area contributed by atoms with E-state index in [9.17, 15) is 0 Å². The number of nitrogens with zero attached hydrogens (tertiary/aromatic N) is 2.